The normalized spacial score (nSPS) is 17.0. The zero-order chi connectivity index (χ0) is 17.1. The van der Waals surface area contributed by atoms with Crippen molar-refractivity contribution in [2.75, 3.05) is 19.5 Å². The van der Waals surface area contributed by atoms with E-state index < -0.39 is 29.6 Å². The molecule has 122 valence electrons. The molecule has 0 saturated carbocycles. The first-order chi connectivity index (χ1) is 10.8. The highest BCUT2D eigenvalue weighted by Gasteiger charge is 2.38. The summed E-state index contributed by atoms with van der Waals surface area (Å²) in [4.78, 5) is 46.8. The van der Waals surface area contributed by atoms with Crippen LogP contribution in [0.3, 0.4) is 0 Å². The molecule has 1 aromatic rings. The molecule has 23 heavy (non-hydrogen) atoms. The largest absolute Gasteiger partial charge is 0.465 e. The Balaban J connectivity index is 2.10. The summed E-state index contributed by atoms with van der Waals surface area (Å²) in [5, 5.41) is 3.73. The van der Waals surface area contributed by atoms with Gasteiger partial charge in [0.25, 0.3) is 11.8 Å². The summed E-state index contributed by atoms with van der Waals surface area (Å²) in [5.74, 6) is -3.26. The number of hydrogen-bond acceptors (Lipinski definition) is 5. The number of nitrogens with one attached hydrogen (secondary N) is 2. The summed E-state index contributed by atoms with van der Waals surface area (Å²) in [7, 11) is 2.63. The first kappa shape index (κ1) is 16.8. The highest BCUT2D eigenvalue weighted by atomic mass is 35.5. The van der Waals surface area contributed by atoms with Crippen LogP contribution in [0.1, 0.15) is 16.8 Å². The van der Waals surface area contributed by atoms with E-state index >= 15 is 0 Å². The SMILES string of the molecule is COC(=O)c1ccc(Cl)c(NC(=O)CC2C(=O)NN(C)C2=O)c1. The zero-order valence-electron chi connectivity index (χ0n) is 12.4. The number of esters is 1. The van der Waals surface area contributed by atoms with Gasteiger partial charge in [0.2, 0.25) is 5.91 Å². The molecule has 0 bridgehead atoms. The molecule has 0 aromatic heterocycles. The second-order valence-corrected chi connectivity index (χ2v) is 5.27. The summed E-state index contributed by atoms with van der Waals surface area (Å²) in [6.07, 6.45) is -0.326. The van der Waals surface area contributed by atoms with E-state index in [-0.39, 0.29) is 22.7 Å². The van der Waals surface area contributed by atoms with Crippen molar-refractivity contribution in [3.05, 3.63) is 28.8 Å². The number of carbonyl (C=O) groups excluding carboxylic acids is 4. The molecule has 1 heterocycles. The van der Waals surface area contributed by atoms with Crippen molar-refractivity contribution in [1.82, 2.24) is 10.4 Å². The van der Waals surface area contributed by atoms with Crippen molar-refractivity contribution in [3.8, 4) is 0 Å². The molecule has 3 amide bonds. The lowest BCUT2D eigenvalue weighted by Gasteiger charge is -2.10. The summed E-state index contributed by atoms with van der Waals surface area (Å²) in [5.41, 5.74) is 2.71. The number of rotatable bonds is 4. The van der Waals surface area contributed by atoms with Crippen LogP contribution in [0.25, 0.3) is 0 Å². The Bertz CT molecular complexity index is 691. The Morgan fingerprint density at radius 3 is 2.65 bits per heavy atom. The van der Waals surface area contributed by atoms with Crippen molar-refractivity contribution in [2.45, 2.75) is 6.42 Å². The highest BCUT2D eigenvalue weighted by Crippen LogP contribution is 2.24. The van der Waals surface area contributed by atoms with Gasteiger partial charge in [-0.25, -0.2) is 4.79 Å². The molecule has 0 spiro atoms. The molecule has 1 unspecified atom stereocenters. The van der Waals surface area contributed by atoms with E-state index in [4.69, 9.17) is 11.6 Å². The van der Waals surface area contributed by atoms with Gasteiger partial charge in [0, 0.05) is 13.5 Å². The first-order valence-corrected chi connectivity index (χ1v) is 6.97. The van der Waals surface area contributed by atoms with Crippen molar-refractivity contribution >= 4 is 41.0 Å². The number of carbonyl (C=O) groups is 4. The van der Waals surface area contributed by atoms with Crippen LogP contribution >= 0.6 is 11.6 Å². The predicted octanol–water partition coefficient (Wildman–Crippen LogP) is 0.575. The van der Waals surface area contributed by atoms with Crippen LogP contribution < -0.4 is 10.7 Å². The molecule has 1 saturated heterocycles. The van der Waals surface area contributed by atoms with E-state index in [1.54, 1.807) is 0 Å². The molecular weight excluding hydrogens is 326 g/mol. The highest BCUT2D eigenvalue weighted by molar-refractivity contribution is 6.34. The molecule has 1 atom stereocenters. The minimum Gasteiger partial charge on any atom is -0.465 e. The molecule has 8 nitrogen and oxygen atoms in total. The lowest BCUT2D eigenvalue weighted by molar-refractivity contribution is -0.134. The summed E-state index contributed by atoms with van der Waals surface area (Å²) >= 11 is 5.96. The number of nitrogens with zero attached hydrogens (tertiary/aromatic N) is 1. The van der Waals surface area contributed by atoms with Crippen LogP contribution in [0.4, 0.5) is 5.69 Å². The Morgan fingerprint density at radius 2 is 2.09 bits per heavy atom. The van der Waals surface area contributed by atoms with Crippen LogP contribution in [0, 0.1) is 5.92 Å². The van der Waals surface area contributed by atoms with Crippen molar-refractivity contribution in [2.24, 2.45) is 5.92 Å². The van der Waals surface area contributed by atoms with Gasteiger partial charge in [-0.3, -0.25) is 24.8 Å². The average Bonchev–Trinajstić information content (AvgIpc) is 2.75. The molecule has 0 aliphatic carbocycles. The zero-order valence-corrected chi connectivity index (χ0v) is 13.1. The second-order valence-electron chi connectivity index (χ2n) is 4.86. The van der Waals surface area contributed by atoms with Crippen LogP contribution in [0.15, 0.2) is 18.2 Å². The molecule has 1 fully saturated rings. The van der Waals surface area contributed by atoms with Crippen molar-refractivity contribution < 1.29 is 23.9 Å². The minimum atomic E-state index is -1.08. The quantitative estimate of drug-likeness (QED) is 0.616. The van der Waals surface area contributed by atoms with Crippen LogP contribution in [-0.2, 0) is 19.1 Å². The number of hydrazine groups is 1. The van der Waals surface area contributed by atoms with Crippen molar-refractivity contribution in [3.63, 3.8) is 0 Å². The summed E-state index contributed by atoms with van der Waals surface area (Å²) < 4.78 is 4.59. The molecule has 0 radical (unpaired) electrons. The van der Waals surface area contributed by atoms with Gasteiger partial charge in [0.1, 0.15) is 5.92 Å². The fraction of sp³-hybridized carbons (Fsp3) is 0.286. The van der Waals surface area contributed by atoms with Gasteiger partial charge >= 0.3 is 5.97 Å². The van der Waals surface area contributed by atoms with Gasteiger partial charge in [-0.1, -0.05) is 11.6 Å². The molecular formula is C14H14ClN3O5. The topological polar surface area (TPSA) is 105 Å². The van der Waals surface area contributed by atoms with E-state index in [0.717, 1.165) is 5.01 Å². The second kappa shape index (κ2) is 6.66. The number of halogens is 1. The van der Waals surface area contributed by atoms with Crippen molar-refractivity contribution in [1.29, 1.82) is 0 Å². The fourth-order valence-electron chi connectivity index (χ4n) is 2.08. The monoisotopic (exact) mass is 339 g/mol. The molecule has 1 aliphatic rings. The van der Waals surface area contributed by atoms with E-state index in [1.807, 2.05) is 0 Å². The number of amides is 3. The number of hydrogen-bond donors (Lipinski definition) is 2. The molecule has 1 aliphatic heterocycles. The maximum absolute atomic E-state index is 12.0. The number of anilines is 1. The van der Waals surface area contributed by atoms with Gasteiger partial charge in [-0.2, -0.15) is 0 Å². The average molecular weight is 340 g/mol. The Kier molecular flexibility index (Phi) is 4.85. The third-order valence-electron chi connectivity index (χ3n) is 3.27. The Labute approximate surface area is 136 Å². The van der Waals surface area contributed by atoms with Crippen LogP contribution in [0.2, 0.25) is 5.02 Å². The maximum atomic E-state index is 12.0. The molecule has 9 heteroatoms. The standard InChI is InChI=1S/C14H14ClN3O5/c1-18-13(21)8(12(20)17-18)6-11(19)16-10-5-7(14(22)23-2)3-4-9(10)15/h3-5,8H,6H2,1-2H3,(H,16,19)(H,17,20). The van der Waals surface area contributed by atoms with Gasteiger partial charge in [0.05, 0.1) is 23.4 Å². The van der Waals surface area contributed by atoms with Gasteiger partial charge in [-0.15, -0.1) is 0 Å². The van der Waals surface area contributed by atoms with E-state index in [9.17, 15) is 19.2 Å². The Hall–Kier alpha value is -2.61. The third-order valence-corrected chi connectivity index (χ3v) is 3.60. The third kappa shape index (κ3) is 3.59. The van der Waals surface area contributed by atoms with Gasteiger partial charge in [0.15, 0.2) is 0 Å². The Morgan fingerprint density at radius 1 is 1.39 bits per heavy atom. The minimum absolute atomic E-state index is 0.193. The smallest absolute Gasteiger partial charge is 0.337 e. The summed E-state index contributed by atoms with van der Waals surface area (Å²) in [6, 6.07) is 4.24. The van der Waals surface area contributed by atoms with Gasteiger partial charge in [-0.05, 0) is 18.2 Å². The van der Waals surface area contributed by atoms with E-state index in [0.29, 0.717) is 0 Å². The first-order valence-electron chi connectivity index (χ1n) is 6.59. The predicted molar refractivity (Wildman–Crippen MR) is 80.4 cm³/mol. The lowest BCUT2D eigenvalue weighted by Crippen LogP contribution is -2.31. The van der Waals surface area contributed by atoms with E-state index in [2.05, 4.69) is 15.5 Å². The fourth-order valence-corrected chi connectivity index (χ4v) is 2.24. The number of benzene rings is 1. The number of methoxy groups -OCH3 is 1. The molecule has 2 N–H and O–H groups in total. The van der Waals surface area contributed by atoms with Gasteiger partial charge < -0.3 is 10.1 Å². The maximum Gasteiger partial charge on any atom is 0.337 e. The van der Waals surface area contributed by atoms with Crippen LogP contribution in [-0.4, -0.2) is 42.9 Å². The van der Waals surface area contributed by atoms with E-state index in [1.165, 1.54) is 32.4 Å². The molecule has 2 rings (SSSR count). The van der Waals surface area contributed by atoms with Crippen LogP contribution in [0.5, 0.6) is 0 Å². The summed E-state index contributed by atoms with van der Waals surface area (Å²) in [6.45, 7) is 0. The molecule has 1 aromatic carbocycles. The lowest BCUT2D eigenvalue weighted by atomic mass is 10.0. The number of ether oxygens (including phenoxy) is 1.